The molecule has 0 saturated carbocycles. The smallest absolute Gasteiger partial charge is 0.116 e. The van der Waals surface area contributed by atoms with Gasteiger partial charge in [-0.25, -0.2) is 0 Å². The fraction of sp³-hybridized carbons (Fsp3) is 0.118. The summed E-state index contributed by atoms with van der Waals surface area (Å²) in [7, 11) is 0. The van der Waals surface area contributed by atoms with Gasteiger partial charge in [0.15, 0.2) is 0 Å². The molecule has 0 spiro atoms. The average Bonchev–Trinajstić information content (AvgIpc) is 2.83. The molecule has 0 atom stereocenters. The monoisotopic (exact) mass is 341 g/mol. The summed E-state index contributed by atoms with van der Waals surface area (Å²) in [5.41, 5.74) is 11.2. The van der Waals surface area contributed by atoms with E-state index in [1.807, 2.05) is 47.3 Å². The molecule has 2 aromatic carbocycles. The summed E-state index contributed by atoms with van der Waals surface area (Å²) in [4.78, 5) is 0. The molecular formula is C17H16BrN3. The Bertz CT molecular complexity index is 777. The molecule has 0 unspecified atom stereocenters. The summed E-state index contributed by atoms with van der Waals surface area (Å²) in [6.07, 6.45) is 1.89. The van der Waals surface area contributed by atoms with Crippen molar-refractivity contribution in [2.75, 3.05) is 5.73 Å². The molecular weight excluding hydrogens is 326 g/mol. The Morgan fingerprint density at radius 1 is 1.10 bits per heavy atom. The van der Waals surface area contributed by atoms with Crippen LogP contribution in [0.3, 0.4) is 0 Å². The van der Waals surface area contributed by atoms with Gasteiger partial charge in [0.2, 0.25) is 0 Å². The minimum Gasteiger partial charge on any atom is -0.396 e. The fourth-order valence-electron chi connectivity index (χ4n) is 2.34. The average molecular weight is 342 g/mol. The van der Waals surface area contributed by atoms with E-state index in [2.05, 4.69) is 40.1 Å². The number of hydrogen-bond donors (Lipinski definition) is 1. The number of nitrogen functional groups attached to an aromatic ring is 1. The van der Waals surface area contributed by atoms with E-state index in [0.717, 1.165) is 22.3 Å². The Labute approximate surface area is 132 Å². The molecule has 0 aliphatic heterocycles. The summed E-state index contributed by atoms with van der Waals surface area (Å²) in [5, 5.41) is 4.64. The van der Waals surface area contributed by atoms with Crippen molar-refractivity contribution in [3.63, 3.8) is 0 Å². The lowest BCUT2D eigenvalue weighted by Crippen LogP contribution is -2.02. The maximum Gasteiger partial charge on any atom is 0.116 e. The van der Waals surface area contributed by atoms with Crippen LogP contribution in [0.1, 0.15) is 11.1 Å². The van der Waals surface area contributed by atoms with Gasteiger partial charge in [0.1, 0.15) is 5.69 Å². The molecule has 3 rings (SSSR count). The topological polar surface area (TPSA) is 43.8 Å². The molecule has 3 nitrogen and oxygen atoms in total. The molecule has 0 fully saturated rings. The largest absolute Gasteiger partial charge is 0.396 e. The summed E-state index contributed by atoms with van der Waals surface area (Å²) < 4.78 is 2.89. The van der Waals surface area contributed by atoms with Crippen molar-refractivity contribution in [2.24, 2.45) is 0 Å². The number of aromatic nitrogens is 2. The van der Waals surface area contributed by atoms with Gasteiger partial charge in [0.25, 0.3) is 0 Å². The quantitative estimate of drug-likeness (QED) is 0.773. The number of anilines is 1. The van der Waals surface area contributed by atoms with E-state index >= 15 is 0 Å². The van der Waals surface area contributed by atoms with E-state index in [9.17, 15) is 0 Å². The van der Waals surface area contributed by atoms with Gasteiger partial charge in [-0.15, -0.1) is 0 Å². The van der Waals surface area contributed by atoms with Crippen molar-refractivity contribution >= 4 is 21.6 Å². The lowest BCUT2D eigenvalue weighted by molar-refractivity contribution is 0.686. The number of nitrogens with two attached hydrogens (primary N) is 1. The van der Waals surface area contributed by atoms with Crippen molar-refractivity contribution in [3.05, 3.63) is 70.3 Å². The van der Waals surface area contributed by atoms with Crippen LogP contribution >= 0.6 is 15.9 Å². The van der Waals surface area contributed by atoms with Gasteiger partial charge in [0, 0.05) is 16.2 Å². The van der Waals surface area contributed by atoms with E-state index in [4.69, 9.17) is 5.73 Å². The van der Waals surface area contributed by atoms with Crippen LogP contribution in [0.4, 0.5) is 5.69 Å². The molecule has 1 heterocycles. The summed E-state index contributed by atoms with van der Waals surface area (Å²) in [5.74, 6) is 0. The predicted molar refractivity (Wildman–Crippen MR) is 90.1 cm³/mol. The van der Waals surface area contributed by atoms with Crippen molar-refractivity contribution in [1.29, 1.82) is 0 Å². The molecule has 21 heavy (non-hydrogen) atoms. The van der Waals surface area contributed by atoms with Crippen LogP contribution in [-0.2, 0) is 6.54 Å². The first-order valence-electron chi connectivity index (χ1n) is 6.77. The molecule has 0 aliphatic carbocycles. The highest BCUT2D eigenvalue weighted by molar-refractivity contribution is 9.10. The molecule has 0 bridgehead atoms. The zero-order chi connectivity index (χ0) is 14.8. The standard InChI is InChI=1S/C17H16BrN3/c1-12-6-2-3-7-13(12)10-21-11-16(19)17(20-21)14-8-4-5-9-15(14)18/h2-9,11H,10,19H2,1H3. The number of aryl methyl sites for hydroxylation is 1. The maximum atomic E-state index is 6.13. The lowest BCUT2D eigenvalue weighted by Gasteiger charge is -2.05. The zero-order valence-electron chi connectivity index (χ0n) is 11.8. The Morgan fingerprint density at radius 2 is 1.81 bits per heavy atom. The van der Waals surface area contributed by atoms with Crippen LogP contribution < -0.4 is 5.73 Å². The number of rotatable bonds is 3. The predicted octanol–water partition coefficient (Wildman–Crippen LogP) is 4.25. The Kier molecular flexibility index (Phi) is 3.80. The van der Waals surface area contributed by atoms with Crippen LogP contribution in [-0.4, -0.2) is 9.78 Å². The molecule has 106 valence electrons. The van der Waals surface area contributed by atoms with Crippen molar-refractivity contribution in [2.45, 2.75) is 13.5 Å². The highest BCUT2D eigenvalue weighted by atomic mass is 79.9. The second-order valence-corrected chi connectivity index (χ2v) is 5.89. The van der Waals surface area contributed by atoms with E-state index in [1.54, 1.807) is 0 Å². The molecule has 0 amide bonds. The Balaban J connectivity index is 1.96. The molecule has 0 aliphatic rings. The van der Waals surface area contributed by atoms with Crippen LogP contribution in [0.2, 0.25) is 0 Å². The van der Waals surface area contributed by atoms with Crippen molar-refractivity contribution in [1.82, 2.24) is 9.78 Å². The third-order valence-electron chi connectivity index (χ3n) is 3.51. The maximum absolute atomic E-state index is 6.13. The minimum absolute atomic E-state index is 0.690. The molecule has 1 aromatic heterocycles. The van der Waals surface area contributed by atoms with Gasteiger partial charge in [0.05, 0.1) is 12.2 Å². The van der Waals surface area contributed by atoms with Crippen LogP contribution in [0.25, 0.3) is 11.3 Å². The SMILES string of the molecule is Cc1ccccc1Cn1cc(N)c(-c2ccccc2Br)n1. The first kappa shape index (κ1) is 13.9. The highest BCUT2D eigenvalue weighted by Gasteiger charge is 2.11. The highest BCUT2D eigenvalue weighted by Crippen LogP contribution is 2.30. The number of nitrogens with zero attached hydrogens (tertiary/aromatic N) is 2. The molecule has 3 aromatic rings. The van der Waals surface area contributed by atoms with Gasteiger partial charge < -0.3 is 5.73 Å². The van der Waals surface area contributed by atoms with Gasteiger partial charge in [-0.1, -0.05) is 58.4 Å². The molecule has 0 saturated heterocycles. The number of halogens is 1. The fourth-order valence-corrected chi connectivity index (χ4v) is 2.81. The third kappa shape index (κ3) is 2.85. The number of hydrogen-bond acceptors (Lipinski definition) is 2. The molecule has 2 N–H and O–H groups in total. The molecule has 4 heteroatoms. The summed E-state index contributed by atoms with van der Waals surface area (Å²) in [6, 6.07) is 16.3. The van der Waals surface area contributed by atoms with E-state index in [1.165, 1.54) is 11.1 Å². The summed E-state index contributed by atoms with van der Waals surface area (Å²) >= 11 is 3.55. The van der Waals surface area contributed by atoms with Crippen molar-refractivity contribution in [3.8, 4) is 11.3 Å². The third-order valence-corrected chi connectivity index (χ3v) is 4.20. The minimum atomic E-state index is 0.690. The van der Waals surface area contributed by atoms with Crippen LogP contribution in [0.15, 0.2) is 59.2 Å². The second kappa shape index (κ2) is 5.74. The normalized spacial score (nSPS) is 10.8. The first-order chi connectivity index (χ1) is 10.1. The van der Waals surface area contributed by atoms with Crippen LogP contribution in [0, 0.1) is 6.92 Å². The van der Waals surface area contributed by atoms with Crippen molar-refractivity contribution < 1.29 is 0 Å². The van der Waals surface area contributed by atoms with E-state index in [-0.39, 0.29) is 0 Å². The van der Waals surface area contributed by atoms with Gasteiger partial charge >= 0.3 is 0 Å². The van der Waals surface area contributed by atoms with Gasteiger partial charge in [-0.05, 0) is 24.1 Å². The second-order valence-electron chi connectivity index (χ2n) is 5.04. The molecule has 0 radical (unpaired) electrons. The first-order valence-corrected chi connectivity index (χ1v) is 7.57. The number of benzene rings is 2. The van der Waals surface area contributed by atoms with Gasteiger partial charge in [-0.2, -0.15) is 5.10 Å². The summed E-state index contributed by atoms with van der Waals surface area (Å²) in [6.45, 7) is 2.83. The van der Waals surface area contributed by atoms with Crippen LogP contribution in [0.5, 0.6) is 0 Å². The van der Waals surface area contributed by atoms with E-state index in [0.29, 0.717) is 5.69 Å². The lowest BCUT2D eigenvalue weighted by atomic mass is 10.1. The Hall–Kier alpha value is -2.07. The van der Waals surface area contributed by atoms with E-state index < -0.39 is 0 Å². The zero-order valence-corrected chi connectivity index (χ0v) is 13.3. The van der Waals surface area contributed by atoms with Gasteiger partial charge in [-0.3, -0.25) is 4.68 Å². The Morgan fingerprint density at radius 3 is 2.57 bits per heavy atom.